The first-order valence-corrected chi connectivity index (χ1v) is 7.57. The van der Waals surface area contributed by atoms with Crippen LogP contribution in [-0.4, -0.2) is 46.9 Å². The van der Waals surface area contributed by atoms with Gasteiger partial charge in [0.2, 0.25) is 0 Å². The average molecular weight is 264 g/mol. The smallest absolute Gasteiger partial charge is 0.0492 e. The number of nitrogens with one attached hydrogen (secondary N) is 1. The predicted molar refractivity (Wildman–Crippen MR) is 79.2 cm³/mol. The van der Waals surface area contributed by atoms with E-state index in [1.165, 1.54) is 38.2 Å². The van der Waals surface area contributed by atoms with Crippen LogP contribution in [0.4, 0.5) is 0 Å². The van der Waals surface area contributed by atoms with Gasteiger partial charge in [-0.1, -0.05) is 13.8 Å². The third-order valence-corrected chi connectivity index (χ3v) is 3.95. The van der Waals surface area contributed by atoms with Crippen molar-refractivity contribution in [3.63, 3.8) is 0 Å². The van der Waals surface area contributed by atoms with E-state index in [2.05, 4.69) is 35.2 Å². The highest BCUT2D eigenvalue weighted by molar-refractivity contribution is 5.00. The second kappa shape index (κ2) is 7.06. The Balaban J connectivity index is 1.62. The van der Waals surface area contributed by atoms with Crippen molar-refractivity contribution in [1.29, 1.82) is 0 Å². The van der Waals surface area contributed by atoms with Crippen molar-refractivity contribution in [1.82, 2.24) is 20.0 Å². The van der Waals surface area contributed by atoms with Crippen LogP contribution in [0.2, 0.25) is 0 Å². The summed E-state index contributed by atoms with van der Waals surface area (Å²) < 4.78 is 1.97. The summed E-state index contributed by atoms with van der Waals surface area (Å²) in [5, 5.41) is 7.89. The lowest BCUT2D eigenvalue weighted by molar-refractivity contribution is 0.180. The Morgan fingerprint density at radius 3 is 2.68 bits per heavy atom. The standard InChI is InChI=1S/C15H28N4/c1-13(2)12-19-10-6-14(7-11-19)16-8-4-15-5-9-17-18(15)3/h5,9,13-14,16H,4,6-8,10-12H2,1-3H3. The lowest BCUT2D eigenvalue weighted by atomic mass is 10.0. The Morgan fingerprint density at radius 1 is 1.37 bits per heavy atom. The second-order valence-corrected chi connectivity index (χ2v) is 6.12. The number of hydrogen-bond donors (Lipinski definition) is 1. The van der Waals surface area contributed by atoms with Gasteiger partial charge in [-0.3, -0.25) is 4.68 Å². The van der Waals surface area contributed by atoms with Crippen molar-refractivity contribution in [2.24, 2.45) is 13.0 Å². The highest BCUT2D eigenvalue weighted by Gasteiger charge is 2.18. The molecule has 1 N–H and O–H groups in total. The van der Waals surface area contributed by atoms with E-state index in [4.69, 9.17) is 0 Å². The summed E-state index contributed by atoms with van der Waals surface area (Å²) in [6.45, 7) is 9.43. The molecule has 1 fully saturated rings. The van der Waals surface area contributed by atoms with Gasteiger partial charge < -0.3 is 10.2 Å². The number of nitrogens with zero attached hydrogens (tertiary/aromatic N) is 3. The van der Waals surface area contributed by atoms with Gasteiger partial charge in [0.25, 0.3) is 0 Å². The van der Waals surface area contributed by atoms with E-state index in [0.29, 0.717) is 6.04 Å². The topological polar surface area (TPSA) is 33.1 Å². The zero-order valence-corrected chi connectivity index (χ0v) is 12.6. The van der Waals surface area contributed by atoms with Crippen LogP contribution in [-0.2, 0) is 13.5 Å². The van der Waals surface area contributed by atoms with Crippen LogP contribution in [0.25, 0.3) is 0 Å². The summed E-state index contributed by atoms with van der Waals surface area (Å²) in [4.78, 5) is 2.60. The monoisotopic (exact) mass is 264 g/mol. The van der Waals surface area contributed by atoms with Crippen LogP contribution in [0, 0.1) is 5.92 Å². The van der Waals surface area contributed by atoms with E-state index in [-0.39, 0.29) is 0 Å². The normalized spacial score (nSPS) is 18.3. The van der Waals surface area contributed by atoms with Crippen LogP contribution >= 0.6 is 0 Å². The van der Waals surface area contributed by atoms with Gasteiger partial charge in [0.05, 0.1) is 0 Å². The molecule has 4 heteroatoms. The van der Waals surface area contributed by atoms with Gasteiger partial charge in [0.1, 0.15) is 0 Å². The molecule has 1 aromatic heterocycles. The molecule has 2 rings (SSSR count). The Labute approximate surface area is 117 Å². The molecule has 0 atom stereocenters. The van der Waals surface area contributed by atoms with Gasteiger partial charge in [0.15, 0.2) is 0 Å². The molecule has 1 saturated heterocycles. The third-order valence-electron chi connectivity index (χ3n) is 3.95. The maximum absolute atomic E-state index is 4.20. The second-order valence-electron chi connectivity index (χ2n) is 6.12. The summed E-state index contributed by atoms with van der Waals surface area (Å²) in [5.74, 6) is 0.786. The molecule has 0 spiro atoms. The lowest BCUT2D eigenvalue weighted by Crippen LogP contribution is -2.44. The van der Waals surface area contributed by atoms with E-state index < -0.39 is 0 Å². The molecule has 0 radical (unpaired) electrons. The molecule has 0 aromatic carbocycles. The summed E-state index contributed by atoms with van der Waals surface area (Å²) in [6, 6.07) is 2.81. The van der Waals surface area contributed by atoms with E-state index in [9.17, 15) is 0 Å². The summed E-state index contributed by atoms with van der Waals surface area (Å²) in [5.41, 5.74) is 1.31. The predicted octanol–water partition coefficient (Wildman–Crippen LogP) is 1.67. The minimum Gasteiger partial charge on any atom is -0.313 e. The highest BCUT2D eigenvalue weighted by Crippen LogP contribution is 2.12. The molecule has 0 aliphatic carbocycles. The van der Waals surface area contributed by atoms with Gasteiger partial charge in [-0.25, -0.2) is 0 Å². The molecular formula is C15H28N4. The maximum Gasteiger partial charge on any atom is 0.0492 e. The Morgan fingerprint density at radius 2 is 2.11 bits per heavy atom. The van der Waals surface area contributed by atoms with Crippen molar-refractivity contribution in [3.8, 4) is 0 Å². The Kier molecular flexibility index (Phi) is 5.40. The summed E-state index contributed by atoms with van der Waals surface area (Å²) in [6.07, 6.45) is 5.53. The lowest BCUT2D eigenvalue weighted by Gasteiger charge is -2.33. The fourth-order valence-corrected chi connectivity index (χ4v) is 2.89. The van der Waals surface area contributed by atoms with Gasteiger partial charge in [-0.15, -0.1) is 0 Å². The van der Waals surface area contributed by atoms with Crippen LogP contribution in [0.5, 0.6) is 0 Å². The maximum atomic E-state index is 4.20. The molecule has 2 heterocycles. The zero-order chi connectivity index (χ0) is 13.7. The fourth-order valence-electron chi connectivity index (χ4n) is 2.89. The third kappa shape index (κ3) is 4.62. The molecule has 19 heavy (non-hydrogen) atoms. The van der Waals surface area contributed by atoms with E-state index in [1.54, 1.807) is 0 Å². The van der Waals surface area contributed by atoms with E-state index in [1.807, 2.05) is 17.9 Å². The first kappa shape index (κ1) is 14.5. The molecule has 0 unspecified atom stereocenters. The molecule has 1 aromatic rings. The van der Waals surface area contributed by atoms with Gasteiger partial charge >= 0.3 is 0 Å². The van der Waals surface area contributed by atoms with Crippen molar-refractivity contribution in [2.75, 3.05) is 26.2 Å². The first-order valence-electron chi connectivity index (χ1n) is 7.57. The van der Waals surface area contributed by atoms with Gasteiger partial charge in [0, 0.05) is 44.5 Å². The molecule has 0 saturated carbocycles. The first-order chi connectivity index (χ1) is 9.15. The van der Waals surface area contributed by atoms with Crippen molar-refractivity contribution in [2.45, 2.75) is 39.2 Å². The SMILES string of the molecule is CC(C)CN1CCC(NCCc2ccnn2C)CC1. The van der Waals surface area contributed by atoms with E-state index >= 15 is 0 Å². The molecule has 0 amide bonds. The number of likely N-dealkylation sites (tertiary alicyclic amines) is 1. The molecule has 4 nitrogen and oxygen atoms in total. The largest absolute Gasteiger partial charge is 0.313 e. The minimum absolute atomic E-state index is 0.705. The number of piperidine rings is 1. The molecule has 1 aliphatic heterocycles. The van der Waals surface area contributed by atoms with Crippen LogP contribution < -0.4 is 5.32 Å². The number of aromatic nitrogens is 2. The Hall–Kier alpha value is -0.870. The molecular weight excluding hydrogens is 236 g/mol. The zero-order valence-electron chi connectivity index (χ0n) is 12.6. The van der Waals surface area contributed by atoms with Crippen molar-refractivity contribution in [3.05, 3.63) is 18.0 Å². The number of hydrogen-bond acceptors (Lipinski definition) is 3. The molecule has 1 aliphatic rings. The number of rotatable bonds is 6. The minimum atomic E-state index is 0.705. The highest BCUT2D eigenvalue weighted by atomic mass is 15.3. The van der Waals surface area contributed by atoms with Gasteiger partial charge in [-0.05, 0) is 37.9 Å². The number of aryl methyl sites for hydroxylation is 1. The summed E-state index contributed by atoms with van der Waals surface area (Å²) >= 11 is 0. The van der Waals surface area contributed by atoms with Gasteiger partial charge in [-0.2, -0.15) is 5.10 Å². The Bertz CT molecular complexity index is 364. The fraction of sp³-hybridized carbons (Fsp3) is 0.800. The van der Waals surface area contributed by atoms with Crippen LogP contribution in [0.15, 0.2) is 12.3 Å². The van der Waals surface area contributed by atoms with E-state index in [0.717, 1.165) is 18.9 Å². The van der Waals surface area contributed by atoms with Crippen LogP contribution in [0.1, 0.15) is 32.4 Å². The quantitative estimate of drug-likeness (QED) is 0.848. The van der Waals surface area contributed by atoms with Crippen molar-refractivity contribution >= 4 is 0 Å². The molecule has 0 bridgehead atoms. The molecule has 108 valence electrons. The summed E-state index contributed by atoms with van der Waals surface area (Å²) in [7, 11) is 2.01. The van der Waals surface area contributed by atoms with Crippen LogP contribution in [0.3, 0.4) is 0 Å². The average Bonchev–Trinajstić information content (AvgIpc) is 2.77. The van der Waals surface area contributed by atoms with Crippen molar-refractivity contribution < 1.29 is 0 Å².